The molecule has 0 amide bonds. The van der Waals surface area contributed by atoms with Gasteiger partial charge in [0, 0.05) is 0 Å². The SMILES string of the molecule is Cc1ccc(C(=O)O[C@@H](C(=O)[O-])[C@@H](OC(=O)c2ccc(C)cc2)C(=O)O)cc1. The highest BCUT2D eigenvalue weighted by Gasteiger charge is 2.36. The van der Waals surface area contributed by atoms with Crippen LogP contribution >= 0.6 is 0 Å². The van der Waals surface area contributed by atoms with Crippen molar-refractivity contribution in [3.63, 3.8) is 0 Å². The monoisotopic (exact) mass is 385 g/mol. The van der Waals surface area contributed by atoms with E-state index in [0.29, 0.717) is 0 Å². The van der Waals surface area contributed by atoms with Gasteiger partial charge in [-0.05, 0) is 38.1 Å². The van der Waals surface area contributed by atoms with Crippen molar-refractivity contribution in [2.75, 3.05) is 0 Å². The van der Waals surface area contributed by atoms with Crippen molar-refractivity contribution < 1.29 is 38.9 Å². The van der Waals surface area contributed by atoms with Crippen molar-refractivity contribution in [1.82, 2.24) is 0 Å². The first kappa shape index (κ1) is 20.6. The zero-order valence-corrected chi connectivity index (χ0v) is 15.1. The molecule has 8 nitrogen and oxygen atoms in total. The minimum Gasteiger partial charge on any atom is -0.546 e. The van der Waals surface area contributed by atoms with Gasteiger partial charge < -0.3 is 24.5 Å². The number of carbonyl (C=O) groups excluding carboxylic acids is 3. The first-order valence-corrected chi connectivity index (χ1v) is 8.18. The molecular formula is C20H17O8-. The molecule has 0 unspecified atom stereocenters. The number of carboxylic acids is 2. The molecule has 0 saturated carbocycles. The molecule has 1 N–H and O–H groups in total. The van der Waals surface area contributed by atoms with E-state index in [1.807, 2.05) is 0 Å². The number of rotatable bonds is 7. The molecule has 8 heteroatoms. The van der Waals surface area contributed by atoms with E-state index in [2.05, 4.69) is 0 Å². The van der Waals surface area contributed by atoms with E-state index in [0.717, 1.165) is 11.1 Å². The van der Waals surface area contributed by atoms with Crippen molar-refractivity contribution in [2.45, 2.75) is 26.1 Å². The molecule has 0 heterocycles. The third-order valence-electron chi connectivity index (χ3n) is 3.79. The summed E-state index contributed by atoms with van der Waals surface area (Å²) in [5.41, 5.74) is 1.72. The number of aliphatic carboxylic acids is 2. The van der Waals surface area contributed by atoms with Gasteiger partial charge in [-0.3, -0.25) is 0 Å². The van der Waals surface area contributed by atoms with Crippen molar-refractivity contribution in [2.24, 2.45) is 0 Å². The lowest BCUT2D eigenvalue weighted by molar-refractivity contribution is -0.317. The van der Waals surface area contributed by atoms with Gasteiger partial charge in [-0.2, -0.15) is 0 Å². The third-order valence-corrected chi connectivity index (χ3v) is 3.79. The second-order valence-corrected chi connectivity index (χ2v) is 6.04. The Morgan fingerprint density at radius 3 is 1.43 bits per heavy atom. The molecule has 2 rings (SSSR count). The van der Waals surface area contributed by atoms with Crippen molar-refractivity contribution in [1.29, 1.82) is 0 Å². The van der Waals surface area contributed by atoms with Gasteiger partial charge in [0.05, 0.1) is 17.1 Å². The number of hydrogen-bond acceptors (Lipinski definition) is 7. The van der Waals surface area contributed by atoms with E-state index in [-0.39, 0.29) is 11.1 Å². The Balaban J connectivity index is 2.21. The molecule has 0 aromatic heterocycles. The zero-order chi connectivity index (χ0) is 20.8. The number of hydrogen-bond donors (Lipinski definition) is 1. The maximum atomic E-state index is 12.2. The topological polar surface area (TPSA) is 130 Å². The largest absolute Gasteiger partial charge is 0.546 e. The Labute approximate surface area is 160 Å². The minimum absolute atomic E-state index is 0.00542. The fraction of sp³-hybridized carbons (Fsp3) is 0.200. The van der Waals surface area contributed by atoms with Crippen LogP contribution in [0.4, 0.5) is 0 Å². The lowest BCUT2D eigenvalue weighted by atomic mass is 10.1. The van der Waals surface area contributed by atoms with Crippen LogP contribution in [0.1, 0.15) is 31.8 Å². The molecule has 0 spiro atoms. The van der Waals surface area contributed by atoms with Crippen LogP contribution in [-0.2, 0) is 19.1 Å². The van der Waals surface area contributed by atoms with Crippen LogP contribution in [0, 0.1) is 13.8 Å². The summed E-state index contributed by atoms with van der Waals surface area (Å²) in [5, 5.41) is 20.7. The van der Waals surface area contributed by atoms with Gasteiger partial charge in [0.25, 0.3) is 0 Å². The Bertz CT molecular complexity index is 808. The summed E-state index contributed by atoms with van der Waals surface area (Å²) in [5.74, 6) is -5.98. The van der Waals surface area contributed by atoms with E-state index >= 15 is 0 Å². The van der Waals surface area contributed by atoms with Gasteiger partial charge in [-0.15, -0.1) is 0 Å². The van der Waals surface area contributed by atoms with Crippen LogP contribution < -0.4 is 5.11 Å². The van der Waals surface area contributed by atoms with Crippen LogP contribution in [0.5, 0.6) is 0 Å². The highest BCUT2D eigenvalue weighted by molar-refractivity contribution is 5.95. The second-order valence-electron chi connectivity index (χ2n) is 6.04. The van der Waals surface area contributed by atoms with E-state index in [1.54, 1.807) is 38.1 Å². The number of carbonyl (C=O) groups is 4. The summed E-state index contributed by atoms with van der Waals surface area (Å²) in [6.07, 6.45) is -4.62. The van der Waals surface area contributed by atoms with Gasteiger partial charge in [-0.25, -0.2) is 14.4 Å². The Kier molecular flexibility index (Phi) is 6.49. The first-order chi connectivity index (χ1) is 13.2. The fourth-order valence-electron chi connectivity index (χ4n) is 2.22. The lowest BCUT2D eigenvalue weighted by Gasteiger charge is -2.24. The molecule has 0 bridgehead atoms. The molecule has 2 aromatic rings. The summed E-state index contributed by atoms with van der Waals surface area (Å²) in [7, 11) is 0. The summed E-state index contributed by atoms with van der Waals surface area (Å²) >= 11 is 0. The Morgan fingerprint density at radius 1 is 0.750 bits per heavy atom. The molecule has 0 aliphatic carbocycles. The third kappa shape index (κ3) is 5.16. The molecule has 0 aliphatic rings. The van der Waals surface area contributed by atoms with Crippen LogP contribution in [-0.4, -0.2) is 41.2 Å². The van der Waals surface area contributed by atoms with Gasteiger partial charge in [0.15, 0.2) is 6.10 Å². The Hall–Kier alpha value is -3.68. The van der Waals surface area contributed by atoms with Crippen LogP contribution in [0.3, 0.4) is 0 Å². The van der Waals surface area contributed by atoms with Gasteiger partial charge >= 0.3 is 17.9 Å². The number of benzene rings is 2. The second kappa shape index (κ2) is 8.81. The normalized spacial score (nSPS) is 12.5. The molecular weight excluding hydrogens is 368 g/mol. The van der Waals surface area contributed by atoms with E-state index in [9.17, 15) is 29.4 Å². The summed E-state index contributed by atoms with van der Waals surface area (Å²) in [6, 6.07) is 11.9. The Morgan fingerprint density at radius 2 is 1.11 bits per heavy atom. The number of carboxylic acid groups (broad SMARTS) is 2. The molecule has 0 fully saturated rings. The fourth-order valence-corrected chi connectivity index (χ4v) is 2.22. The van der Waals surface area contributed by atoms with Gasteiger partial charge in [0.2, 0.25) is 6.10 Å². The predicted molar refractivity (Wildman–Crippen MR) is 93.4 cm³/mol. The molecule has 28 heavy (non-hydrogen) atoms. The van der Waals surface area contributed by atoms with Gasteiger partial charge in [0.1, 0.15) is 0 Å². The van der Waals surface area contributed by atoms with E-state index in [1.165, 1.54) is 24.3 Å². The van der Waals surface area contributed by atoms with Crippen LogP contribution in [0.2, 0.25) is 0 Å². The first-order valence-electron chi connectivity index (χ1n) is 8.18. The predicted octanol–water partition coefficient (Wildman–Crippen LogP) is 0.889. The number of aryl methyl sites for hydroxylation is 2. The van der Waals surface area contributed by atoms with Crippen molar-refractivity contribution >= 4 is 23.9 Å². The molecule has 0 saturated heterocycles. The summed E-state index contributed by atoms with van der Waals surface area (Å²) in [6.45, 7) is 3.57. The summed E-state index contributed by atoms with van der Waals surface area (Å²) < 4.78 is 9.54. The molecule has 146 valence electrons. The molecule has 2 aromatic carbocycles. The molecule has 2 atom stereocenters. The average molecular weight is 385 g/mol. The van der Waals surface area contributed by atoms with E-state index in [4.69, 9.17) is 9.47 Å². The zero-order valence-electron chi connectivity index (χ0n) is 15.1. The average Bonchev–Trinajstić information content (AvgIpc) is 2.64. The van der Waals surface area contributed by atoms with Crippen LogP contribution in [0.15, 0.2) is 48.5 Å². The summed E-state index contributed by atoms with van der Waals surface area (Å²) in [4.78, 5) is 47.2. The maximum absolute atomic E-state index is 12.2. The highest BCUT2D eigenvalue weighted by atomic mass is 16.6. The molecule has 0 aliphatic heterocycles. The lowest BCUT2D eigenvalue weighted by Crippen LogP contribution is -2.51. The van der Waals surface area contributed by atoms with Crippen molar-refractivity contribution in [3.05, 3.63) is 70.8 Å². The maximum Gasteiger partial charge on any atom is 0.349 e. The van der Waals surface area contributed by atoms with Crippen molar-refractivity contribution in [3.8, 4) is 0 Å². The minimum atomic E-state index is -2.33. The smallest absolute Gasteiger partial charge is 0.349 e. The van der Waals surface area contributed by atoms with Crippen LogP contribution in [0.25, 0.3) is 0 Å². The highest BCUT2D eigenvalue weighted by Crippen LogP contribution is 2.14. The van der Waals surface area contributed by atoms with Gasteiger partial charge in [-0.1, -0.05) is 35.4 Å². The number of ether oxygens (including phenoxy) is 2. The quantitative estimate of drug-likeness (QED) is 0.696. The standard InChI is InChI=1S/C20H18O8/c1-11-3-7-13(8-4-11)19(25)27-15(17(21)22)16(18(23)24)28-20(26)14-9-5-12(2)6-10-14/h3-10,15-16H,1-2H3,(H,21,22)(H,23,24)/p-1/t15-,16-/m1/s1. The molecule has 0 radical (unpaired) electrons. The van der Waals surface area contributed by atoms with E-state index < -0.39 is 36.1 Å². The number of esters is 2.